The van der Waals surface area contributed by atoms with Crippen LogP contribution in [0.5, 0.6) is 0 Å². The van der Waals surface area contributed by atoms with Crippen molar-refractivity contribution in [1.82, 2.24) is 0 Å². The van der Waals surface area contributed by atoms with Crippen LogP contribution in [0.3, 0.4) is 0 Å². The number of anilines is 1. The van der Waals surface area contributed by atoms with E-state index in [1.165, 1.54) is 11.3 Å². The smallest absolute Gasteiger partial charge is 0.124 e. The van der Waals surface area contributed by atoms with Crippen LogP contribution in [0.1, 0.15) is 25.0 Å². The van der Waals surface area contributed by atoms with Gasteiger partial charge in [0.25, 0.3) is 0 Å². The van der Waals surface area contributed by atoms with Crippen molar-refractivity contribution in [3.8, 4) is 0 Å². The number of rotatable bonds is 3. The second-order valence-corrected chi connectivity index (χ2v) is 4.37. The van der Waals surface area contributed by atoms with Crippen LogP contribution in [0.4, 0.5) is 5.69 Å². The van der Waals surface area contributed by atoms with Gasteiger partial charge in [0.15, 0.2) is 0 Å². The average Bonchev–Trinajstić information content (AvgIpc) is 2.61. The van der Waals surface area contributed by atoms with E-state index < -0.39 is 0 Å². The lowest BCUT2D eigenvalue weighted by Gasteiger charge is -2.23. The van der Waals surface area contributed by atoms with E-state index >= 15 is 0 Å². The first kappa shape index (κ1) is 10.2. The Kier molecular flexibility index (Phi) is 2.76. The number of aldehydes is 1. The largest absolute Gasteiger partial charge is 0.369 e. The van der Waals surface area contributed by atoms with Crippen molar-refractivity contribution >= 4 is 12.0 Å². The molecule has 0 spiro atoms. The van der Waals surface area contributed by atoms with Crippen LogP contribution in [0.25, 0.3) is 0 Å². The van der Waals surface area contributed by atoms with E-state index in [-0.39, 0.29) is 0 Å². The molecule has 0 atom stereocenters. The lowest BCUT2D eigenvalue weighted by molar-refractivity contribution is -0.107. The predicted octanol–water partition coefficient (Wildman–Crippen LogP) is 2.20. The molecule has 2 nitrogen and oxygen atoms in total. The van der Waals surface area contributed by atoms with Crippen LogP contribution in [-0.4, -0.2) is 18.9 Å². The average molecular weight is 203 g/mol. The van der Waals surface area contributed by atoms with Crippen LogP contribution < -0.4 is 4.90 Å². The van der Waals surface area contributed by atoms with E-state index in [0.29, 0.717) is 12.5 Å². The molecular weight excluding hydrogens is 186 g/mol. The molecule has 1 aromatic rings. The first-order valence-corrected chi connectivity index (χ1v) is 5.54. The first-order valence-electron chi connectivity index (χ1n) is 5.54. The number of carbonyl (C=O) groups is 1. The lowest BCUT2D eigenvalue weighted by Crippen LogP contribution is -2.28. The molecule has 0 amide bonds. The number of hydrogen-bond acceptors (Lipinski definition) is 2. The minimum absolute atomic E-state index is 0.537. The third kappa shape index (κ3) is 1.89. The first-order chi connectivity index (χ1) is 7.22. The fourth-order valence-corrected chi connectivity index (χ4v) is 2.24. The summed E-state index contributed by atoms with van der Waals surface area (Å²) in [6.07, 6.45) is 2.62. The highest BCUT2D eigenvalue weighted by Gasteiger charge is 2.20. The fraction of sp³-hybridized carbons (Fsp3) is 0.462. The SMILES string of the molecule is CC(C)N1CCc2cc(CC=O)ccc21. The van der Waals surface area contributed by atoms with Gasteiger partial charge in [0.05, 0.1) is 0 Å². The molecule has 2 heteroatoms. The highest BCUT2D eigenvalue weighted by Crippen LogP contribution is 2.30. The maximum atomic E-state index is 10.4. The Morgan fingerprint density at radius 3 is 2.93 bits per heavy atom. The van der Waals surface area contributed by atoms with E-state index in [0.717, 1.165) is 24.8 Å². The van der Waals surface area contributed by atoms with Crippen LogP contribution in [0.15, 0.2) is 18.2 Å². The van der Waals surface area contributed by atoms with E-state index in [4.69, 9.17) is 0 Å². The molecule has 80 valence electrons. The van der Waals surface area contributed by atoms with Crippen LogP contribution in [-0.2, 0) is 17.6 Å². The normalized spacial score (nSPS) is 14.5. The zero-order valence-electron chi connectivity index (χ0n) is 9.36. The quantitative estimate of drug-likeness (QED) is 0.702. The summed E-state index contributed by atoms with van der Waals surface area (Å²) in [5, 5.41) is 0. The van der Waals surface area contributed by atoms with Crippen molar-refractivity contribution in [3.63, 3.8) is 0 Å². The fourth-order valence-electron chi connectivity index (χ4n) is 2.24. The molecule has 0 bridgehead atoms. The maximum absolute atomic E-state index is 10.4. The molecular formula is C13H17NO. The zero-order chi connectivity index (χ0) is 10.8. The summed E-state index contributed by atoms with van der Waals surface area (Å²) in [4.78, 5) is 12.9. The van der Waals surface area contributed by atoms with Gasteiger partial charge in [0.2, 0.25) is 0 Å². The van der Waals surface area contributed by atoms with E-state index in [9.17, 15) is 4.79 Å². The number of nitrogens with zero attached hydrogens (tertiary/aromatic N) is 1. The van der Waals surface area contributed by atoms with Gasteiger partial charge >= 0.3 is 0 Å². The molecule has 0 aromatic heterocycles. The topological polar surface area (TPSA) is 20.3 Å². The molecule has 0 saturated carbocycles. The summed E-state index contributed by atoms with van der Waals surface area (Å²) >= 11 is 0. The Hall–Kier alpha value is -1.31. The van der Waals surface area contributed by atoms with Crippen LogP contribution >= 0.6 is 0 Å². The summed E-state index contributed by atoms with van der Waals surface area (Å²) in [7, 11) is 0. The molecule has 0 unspecified atom stereocenters. The summed E-state index contributed by atoms with van der Waals surface area (Å²) < 4.78 is 0. The van der Waals surface area contributed by atoms with Gasteiger partial charge in [0.1, 0.15) is 6.29 Å². The van der Waals surface area contributed by atoms with Crippen molar-refractivity contribution in [2.75, 3.05) is 11.4 Å². The standard InChI is InChI=1S/C13H17NO/c1-10(2)14-7-5-12-9-11(6-8-15)3-4-13(12)14/h3-4,8-10H,5-7H2,1-2H3. The van der Waals surface area contributed by atoms with E-state index in [1.807, 2.05) is 0 Å². The molecule has 1 heterocycles. The van der Waals surface area contributed by atoms with Crippen LogP contribution in [0.2, 0.25) is 0 Å². The molecule has 1 aliphatic rings. The highest BCUT2D eigenvalue weighted by atomic mass is 16.1. The van der Waals surface area contributed by atoms with Gasteiger partial charge in [-0.15, -0.1) is 0 Å². The Morgan fingerprint density at radius 1 is 1.47 bits per heavy atom. The summed E-state index contributed by atoms with van der Waals surface area (Å²) in [6, 6.07) is 6.95. The predicted molar refractivity (Wildman–Crippen MR) is 62.4 cm³/mol. The minimum Gasteiger partial charge on any atom is -0.369 e. The maximum Gasteiger partial charge on any atom is 0.124 e. The van der Waals surface area contributed by atoms with Crippen molar-refractivity contribution in [3.05, 3.63) is 29.3 Å². The van der Waals surface area contributed by atoms with Crippen molar-refractivity contribution in [2.24, 2.45) is 0 Å². The number of hydrogen-bond donors (Lipinski definition) is 0. The molecule has 0 saturated heterocycles. The molecule has 1 aromatic carbocycles. The summed E-state index contributed by atoms with van der Waals surface area (Å²) in [6.45, 7) is 5.54. The molecule has 1 aliphatic heterocycles. The van der Waals surface area contributed by atoms with Crippen molar-refractivity contribution in [1.29, 1.82) is 0 Å². The third-order valence-electron chi connectivity index (χ3n) is 3.02. The molecule has 0 radical (unpaired) electrons. The summed E-state index contributed by atoms with van der Waals surface area (Å²) in [5.74, 6) is 0. The van der Waals surface area contributed by atoms with Gasteiger partial charge in [-0.25, -0.2) is 0 Å². The number of fused-ring (bicyclic) bond motifs is 1. The molecule has 15 heavy (non-hydrogen) atoms. The second kappa shape index (κ2) is 4.05. The van der Waals surface area contributed by atoms with Gasteiger partial charge in [-0.1, -0.05) is 12.1 Å². The van der Waals surface area contributed by atoms with Crippen molar-refractivity contribution < 1.29 is 4.79 Å². The Bertz CT molecular complexity index is 371. The highest BCUT2D eigenvalue weighted by molar-refractivity contribution is 5.62. The monoisotopic (exact) mass is 203 g/mol. The zero-order valence-corrected chi connectivity index (χ0v) is 9.36. The third-order valence-corrected chi connectivity index (χ3v) is 3.02. The van der Waals surface area contributed by atoms with Crippen LogP contribution in [0, 0.1) is 0 Å². The van der Waals surface area contributed by atoms with Crippen molar-refractivity contribution in [2.45, 2.75) is 32.7 Å². The number of benzene rings is 1. The molecule has 0 N–H and O–H groups in total. The molecule has 0 fully saturated rings. The minimum atomic E-state index is 0.537. The molecule has 2 rings (SSSR count). The molecule has 0 aliphatic carbocycles. The van der Waals surface area contributed by atoms with Gasteiger partial charge in [-0.2, -0.15) is 0 Å². The number of carbonyl (C=O) groups excluding carboxylic acids is 1. The lowest BCUT2D eigenvalue weighted by atomic mass is 10.1. The second-order valence-electron chi connectivity index (χ2n) is 4.37. The Morgan fingerprint density at radius 2 is 2.27 bits per heavy atom. The van der Waals surface area contributed by atoms with Gasteiger partial charge in [-0.3, -0.25) is 0 Å². The summed E-state index contributed by atoms with van der Waals surface area (Å²) in [5.41, 5.74) is 3.87. The Labute approximate surface area is 90.9 Å². The Balaban J connectivity index is 2.29. The van der Waals surface area contributed by atoms with E-state index in [2.05, 4.69) is 36.9 Å². The van der Waals surface area contributed by atoms with Gasteiger partial charge in [-0.05, 0) is 37.5 Å². The van der Waals surface area contributed by atoms with E-state index in [1.54, 1.807) is 0 Å². The van der Waals surface area contributed by atoms with Gasteiger partial charge < -0.3 is 9.69 Å². The van der Waals surface area contributed by atoms with Gasteiger partial charge in [0, 0.05) is 24.7 Å².